The molecular formula is C9H13N3O4Se. The normalized spacial score (nSPS) is 12.1. The Bertz CT molecular complexity index is 496. The Kier molecular flexibility index (Phi) is 4.99. The molecule has 17 heavy (non-hydrogen) atoms. The zero-order valence-electron chi connectivity index (χ0n) is 9.15. The van der Waals surface area contributed by atoms with Crippen molar-refractivity contribution in [2.24, 2.45) is 0 Å². The van der Waals surface area contributed by atoms with Crippen molar-refractivity contribution >= 4 is 26.6 Å². The number of carbonyl (C=O) groups is 1. The molecule has 0 spiro atoms. The molecule has 0 fully saturated rings. The van der Waals surface area contributed by atoms with Crippen molar-refractivity contribution < 1.29 is 9.90 Å². The van der Waals surface area contributed by atoms with E-state index in [1.807, 2.05) is 10.8 Å². The van der Waals surface area contributed by atoms with E-state index in [1.165, 1.54) is 6.20 Å². The first-order valence-corrected chi connectivity index (χ1v) is 7.77. The summed E-state index contributed by atoms with van der Waals surface area (Å²) in [4.78, 5) is 37.4. The molecule has 0 radical (unpaired) electrons. The summed E-state index contributed by atoms with van der Waals surface area (Å²) in [6.45, 7) is 0. The molecule has 0 saturated carbocycles. The summed E-state index contributed by atoms with van der Waals surface area (Å²) in [5, 5.41) is 12.4. The molecule has 1 aromatic heterocycles. The second-order valence-corrected chi connectivity index (χ2v) is 5.37. The fraction of sp³-hybridized carbons (Fsp3) is 0.444. The summed E-state index contributed by atoms with van der Waals surface area (Å²) in [6, 6.07) is -0.816. The Hall–Kier alpha value is -1.53. The summed E-state index contributed by atoms with van der Waals surface area (Å²) in [6.07, 6.45) is 1.62. The van der Waals surface area contributed by atoms with Crippen LogP contribution in [0.25, 0.3) is 0 Å². The fourth-order valence-electron chi connectivity index (χ4n) is 1.20. The third-order valence-electron chi connectivity index (χ3n) is 2.06. The van der Waals surface area contributed by atoms with Gasteiger partial charge in [0.25, 0.3) is 0 Å². The van der Waals surface area contributed by atoms with Gasteiger partial charge in [0.05, 0.1) is 0 Å². The molecule has 7 nitrogen and oxygen atoms in total. The second-order valence-electron chi connectivity index (χ2n) is 3.30. The molecule has 0 saturated heterocycles. The van der Waals surface area contributed by atoms with E-state index in [9.17, 15) is 14.4 Å². The van der Waals surface area contributed by atoms with Gasteiger partial charge in [0, 0.05) is 0 Å². The maximum atomic E-state index is 11.3. The van der Waals surface area contributed by atoms with Gasteiger partial charge in [-0.05, 0) is 0 Å². The van der Waals surface area contributed by atoms with Gasteiger partial charge in [0.2, 0.25) is 0 Å². The predicted molar refractivity (Wildman–Crippen MR) is 63.8 cm³/mol. The van der Waals surface area contributed by atoms with Crippen LogP contribution in [0.3, 0.4) is 0 Å². The molecule has 94 valence electrons. The van der Waals surface area contributed by atoms with Gasteiger partial charge in [-0.2, -0.15) is 0 Å². The third kappa shape index (κ3) is 4.08. The number of aromatic nitrogens is 2. The van der Waals surface area contributed by atoms with Crippen LogP contribution >= 0.6 is 0 Å². The average molecular weight is 306 g/mol. The molecular weight excluding hydrogens is 293 g/mol. The topological polar surface area (TPSA) is 115 Å². The van der Waals surface area contributed by atoms with Crippen molar-refractivity contribution in [3.8, 4) is 0 Å². The van der Waals surface area contributed by atoms with E-state index in [4.69, 9.17) is 5.11 Å². The van der Waals surface area contributed by atoms with Crippen LogP contribution in [0, 0.1) is 0 Å². The third-order valence-corrected chi connectivity index (χ3v) is 3.41. The van der Waals surface area contributed by atoms with Crippen LogP contribution in [0.5, 0.6) is 0 Å². The second kappa shape index (κ2) is 6.27. The van der Waals surface area contributed by atoms with Crippen molar-refractivity contribution in [2.45, 2.75) is 23.6 Å². The van der Waals surface area contributed by atoms with Crippen molar-refractivity contribution in [3.05, 3.63) is 27.0 Å². The van der Waals surface area contributed by atoms with Crippen molar-refractivity contribution in [1.29, 1.82) is 0 Å². The number of hydrogen-bond acceptors (Lipinski definition) is 4. The fourth-order valence-corrected chi connectivity index (χ4v) is 2.19. The van der Waals surface area contributed by atoms with Crippen molar-refractivity contribution in [2.75, 3.05) is 5.32 Å². The number of rotatable bonds is 6. The number of nitrogens with one attached hydrogen (secondary N) is 3. The van der Waals surface area contributed by atoms with Gasteiger partial charge in [-0.1, -0.05) is 0 Å². The number of H-pyrrole nitrogens is 2. The summed E-state index contributed by atoms with van der Waals surface area (Å²) < 4.78 is 0. The van der Waals surface area contributed by atoms with Gasteiger partial charge in [-0.3, -0.25) is 0 Å². The van der Waals surface area contributed by atoms with Crippen molar-refractivity contribution in [3.63, 3.8) is 0 Å². The molecule has 0 aliphatic rings. The van der Waals surface area contributed by atoms with E-state index < -0.39 is 23.3 Å². The first-order valence-electron chi connectivity index (χ1n) is 4.85. The quantitative estimate of drug-likeness (QED) is 0.528. The average Bonchev–Trinajstić information content (AvgIpc) is 2.26. The van der Waals surface area contributed by atoms with Crippen LogP contribution in [-0.4, -0.2) is 42.0 Å². The molecule has 1 aromatic rings. The van der Waals surface area contributed by atoms with Crippen LogP contribution in [-0.2, 0) is 4.79 Å². The molecule has 0 bridgehead atoms. The molecule has 1 heterocycles. The number of hydrogen-bond donors (Lipinski definition) is 4. The van der Waals surface area contributed by atoms with E-state index in [1.54, 1.807) is 0 Å². The number of aliphatic carboxylic acids is 1. The zero-order valence-corrected chi connectivity index (χ0v) is 10.9. The van der Waals surface area contributed by atoms with E-state index in [0.717, 1.165) is 5.32 Å². The first-order chi connectivity index (χ1) is 8.04. The molecule has 0 aliphatic heterocycles. The number of anilines is 1. The summed E-state index contributed by atoms with van der Waals surface area (Å²) >= 11 is 0.382. The Morgan fingerprint density at radius 2 is 2.29 bits per heavy atom. The van der Waals surface area contributed by atoms with Gasteiger partial charge in [0.15, 0.2) is 0 Å². The van der Waals surface area contributed by atoms with Crippen LogP contribution in [0.2, 0.25) is 11.1 Å². The molecule has 0 amide bonds. The van der Waals surface area contributed by atoms with Gasteiger partial charge in [-0.15, -0.1) is 0 Å². The van der Waals surface area contributed by atoms with Crippen molar-refractivity contribution in [1.82, 2.24) is 9.97 Å². The summed E-state index contributed by atoms with van der Waals surface area (Å²) in [5.41, 5.74) is -1.19. The number of carboxylic acid groups (broad SMARTS) is 1. The molecule has 1 atom stereocenters. The van der Waals surface area contributed by atoms with Crippen LogP contribution in [0.4, 0.5) is 5.69 Å². The van der Waals surface area contributed by atoms with E-state index in [0.29, 0.717) is 21.4 Å². The van der Waals surface area contributed by atoms with Gasteiger partial charge < -0.3 is 0 Å². The molecule has 4 N–H and O–H groups in total. The first kappa shape index (κ1) is 13.5. The standard InChI is InChI=1S/C9H13N3O4Se/c1-17-3-2-5(8(14)15)11-6-4-10-9(16)12-7(6)13/h4-5,11H,2-3H2,1H3,(H,14,15)(H2,10,12,13,16)/t5-/m0/s1. The van der Waals surface area contributed by atoms with Crippen LogP contribution in [0.15, 0.2) is 15.8 Å². The monoisotopic (exact) mass is 307 g/mol. The Labute approximate surface area is 103 Å². The zero-order chi connectivity index (χ0) is 12.8. The van der Waals surface area contributed by atoms with E-state index in [2.05, 4.69) is 10.3 Å². The predicted octanol–water partition coefficient (Wildman–Crippen LogP) is -0.511. The van der Waals surface area contributed by atoms with Gasteiger partial charge in [-0.25, -0.2) is 0 Å². The minimum atomic E-state index is -1.01. The Morgan fingerprint density at radius 3 is 2.82 bits per heavy atom. The maximum absolute atomic E-state index is 11.3. The summed E-state index contributed by atoms with van der Waals surface area (Å²) in [5.74, 6) is 0.999. The number of aromatic amines is 2. The SMILES string of the molecule is C[Se]CC[C@H](Nc1c[nH]c(=O)[nH]c1=O)C(=O)O. The molecule has 0 unspecified atom stereocenters. The number of carboxylic acids is 1. The van der Waals surface area contributed by atoms with E-state index in [-0.39, 0.29) is 5.69 Å². The molecule has 0 aliphatic carbocycles. The molecule has 0 aromatic carbocycles. The molecule has 8 heteroatoms. The minimum absolute atomic E-state index is 0.0561. The van der Waals surface area contributed by atoms with Crippen LogP contribution in [0.1, 0.15) is 6.42 Å². The van der Waals surface area contributed by atoms with Gasteiger partial charge >= 0.3 is 102 Å². The van der Waals surface area contributed by atoms with Crippen LogP contribution < -0.4 is 16.6 Å². The molecule has 1 rings (SSSR count). The van der Waals surface area contributed by atoms with Gasteiger partial charge in [0.1, 0.15) is 0 Å². The Morgan fingerprint density at radius 1 is 1.59 bits per heavy atom. The summed E-state index contributed by atoms with van der Waals surface area (Å²) in [7, 11) is 0. The Balaban J connectivity index is 2.82. The van der Waals surface area contributed by atoms with E-state index >= 15 is 0 Å².